The molecule has 4 aliphatic heterocycles. The summed E-state index contributed by atoms with van der Waals surface area (Å²) in [4.78, 5) is 5.10. The first-order chi connectivity index (χ1) is 39.9. The maximum atomic E-state index is 6.95. The molecule has 2 spiro atoms. The molecule has 0 amide bonds. The predicted octanol–water partition coefficient (Wildman–Crippen LogP) is 19.4. The van der Waals surface area contributed by atoms with Crippen molar-refractivity contribution < 1.29 is 9.47 Å². The van der Waals surface area contributed by atoms with E-state index in [4.69, 9.17) is 9.47 Å². The van der Waals surface area contributed by atoms with Gasteiger partial charge >= 0.3 is 0 Å². The molecule has 81 heavy (non-hydrogen) atoms. The average molecular weight is 1040 g/mol. The number of allylic oxidation sites excluding steroid dienone is 3. The van der Waals surface area contributed by atoms with Gasteiger partial charge in [0, 0.05) is 45.2 Å². The van der Waals surface area contributed by atoms with Crippen molar-refractivity contribution in [2.45, 2.75) is 36.0 Å². The fourth-order valence-electron chi connectivity index (χ4n) is 15.4. The third kappa shape index (κ3) is 6.25. The van der Waals surface area contributed by atoms with Gasteiger partial charge in [0.2, 0.25) is 0 Å². The van der Waals surface area contributed by atoms with E-state index in [1.54, 1.807) is 0 Å². The third-order valence-electron chi connectivity index (χ3n) is 18.9. The molecule has 6 aliphatic rings. The summed E-state index contributed by atoms with van der Waals surface area (Å²) in [7, 11) is 0. The Morgan fingerprint density at radius 3 is 1.22 bits per heavy atom. The SMILES string of the molecule is CC1(C)c2cc3c(cc2C2C=C4C(=CC21)N(c1ccc(-c2ccccc2)cc1)c1ccccc1C41c2ccccc2Oc2ccccc21)C1(c2ccccc2Oc2ccccc21)c1ccccc1N3c1ccc(-c2ccccc2)cc1. The van der Waals surface area contributed by atoms with E-state index in [9.17, 15) is 0 Å². The van der Waals surface area contributed by atoms with Crippen LogP contribution >= 0.6 is 0 Å². The van der Waals surface area contributed by atoms with Crippen LogP contribution in [0.5, 0.6) is 23.0 Å². The molecule has 0 saturated carbocycles. The second-order valence-electron chi connectivity index (χ2n) is 23.1. The molecular formula is C77H54N2O2. The minimum atomic E-state index is -0.732. The van der Waals surface area contributed by atoms with Gasteiger partial charge in [-0.05, 0) is 134 Å². The fourth-order valence-corrected chi connectivity index (χ4v) is 15.4. The second-order valence-corrected chi connectivity index (χ2v) is 23.1. The molecule has 2 unspecified atom stereocenters. The zero-order chi connectivity index (χ0) is 53.6. The largest absolute Gasteiger partial charge is 0.457 e. The van der Waals surface area contributed by atoms with E-state index in [-0.39, 0.29) is 17.3 Å². The highest BCUT2D eigenvalue weighted by atomic mass is 16.5. The van der Waals surface area contributed by atoms with E-state index in [0.717, 1.165) is 68.0 Å². The van der Waals surface area contributed by atoms with E-state index in [0.29, 0.717) is 0 Å². The van der Waals surface area contributed by atoms with Crippen LogP contribution in [0.2, 0.25) is 0 Å². The van der Waals surface area contributed by atoms with Gasteiger partial charge in [-0.25, -0.2) is 0 Å². The number of benzene rings is 11. The van der Waals surface area contributed by atoms with Crippen molar-refractivity contribution in [2.24, 2.45) is 5.92 Å². The first-order valence-electron chi connectivity index (χ1n) is 28.4. The summed E-state index contributed by atoms with van der Waals surface area (Å²) in [6.07, 6.45) is 5.38. The van der Waals surface area contributed by atoms with Gasteiger partial charge in [0.25, 0.3) is 0 Å². The monoisotopic (exact) mass is 1040 g/mol. The van der Waals surface area contributed by atoms with Gasteiger partial charge in [0.15, 0.2) is 0 Å². The van der Waals surface area contributed by atoms with E-state index < -0.39 is 10.8 Å². The number of para-hydroxylation sites is 6. The van der Waals surface area contributed by atoms with Crippen LogP contribution in [0.1, 0.15) is 69.8 Å². The van der Waals surface area contributed by atoms with E-state index in [1.807, 2.05) is 0 Å². The van der Waals surface area contributed by atoms with Crippen molar-refractivity contribution in [2.75, 3.05) is 9.80 Å². The lowest BCUT2D eigenvalue weighted by molar-refractivity contribution is 0.385. The Labute approximate surface area is 472 Å². The Hall–Kier alpha value is -9.90. The molecule has 0 aromatic heterocycles. The molecular weight excluding hydrogens is 985 g/mol. The van der Waals surface area contributed by atoms with E-state index >= 15 is 0 Å². The predicted molar refractivity (Wildman–Crippen MR) is 327 cm³/mol. The summed E-state index contributed by atoms with van der Waals surface area (Å²) in [5, 5.41) is 0. The molecule has 0 radical (unpaired) electrons. The number of ether oxygens (including phenoxy) is 2. The van der Waals surface area contributed by atoms with Gasteiger partial charge < -0.3 is 19.3 Å². The van der Waals surface area contributed by atoms with E-state index in [1.165, 1.54) is 67.0 Å². The smallest absolute Gasteiger partial charge is 0.132 e. The zero-order valence-corrected chi connectivity index (χ0v) is 44.9. The fraction of sp³-hybridized carbons (Fsp3) is 0.0909. The van der Waals surface area contributed by atoms with Gasteiger partial charge in [0.05, 0.1) is 27.9 Å². The summed E-state index contributed by atoms with van der Waals surface area (Å²) in [6.45, 7) is 4.99. The second kappa shape index (κ2) is 17.1. The molecule has 4 heteroatoms. The summed E-state index contributed by atoms with van der Waals surface area (Å²) in [5.74, 6) is 3.60. The van der Waals surface area contributed by atoms with Crippen molar-refractivity contribution >= 4 is 28.4 Å². The number of rotatable bonds is 4. The van der Waals surface area contributed by atoms with Crippen LogP contribution in [-0.4, -0.2) is 0 Å². The van der Waals surface area contributed by atoms with Gasteiger partial charge in [-0.15, -0.1) is 0 Å². The first kappa shape index (κ1) is 46.1. The molecule has 11 aromatic carbocycles. The van der Waals surface area contributed by atoms with Crippen molar-refractivity contribution in [3.63, 3.8) is 0 Å². The standard InChI is InChI=1S/C77H54N2O2/c1-75(2)63-47-69-65(76(59-27-11-17-33-71(59)80-72-34-18-12-28-60(72)76)57-25-9-15-31-67(57)78(69)53-41-37-51(38-42-53)49-21-5-3-6-22-49)45-55(63)56-46-66-70(48-64(56)75)79(54-43-39-52(40-44-54)50-23-7-4-8-24-50)68-32-16-10-26-58(68)77(66)61-29-13-19-35-73(61)81-74-36-20-14-30-62(74)77/h3-48,55,63H,1-2H3. The van der Waals surface area contributed by atoms with Crippen molar-refractivity contribution in [1.82, 2.24) is 0 Å². The first-order valence-corrected chi connectivity index (χ1v) is 28.4. The lowest BCUT2D eigenvalue weighted by atomic mass is 9.57. The van der Waals surface area contributed by atoms with Crippen molar-refractivity contribution in [1.29, 1.82) is 0 Å². The minimum absolute atomic E-state index is 0.00353. The van der Waals surface area contributed by atoms with Crippen LogP contribution < -0.4 is 19.3 Å². The van der Waals surface area contributed by atoms with Gasteiger partial charge in [-0.2, -0.15) is 0 Å². The summed E-state index contributed by atoms with van der Waals surface area (Å²) in [5.41, 5.74) is 22.2. The Kier molecular flexibility index (Phi) is 9.70. The Morgan fingerprint density at radius 2 is 0.716 bits per heavy atom. The van der Waals surface area contributed by atoms with E-state index in [2.05, 4.69) is 303 Å². The molecule has 0 saturated heterocycles. The quantitative estimate of drug-likeness (QED) is 0.175. The van der Waals surface area contributed by atoms with Crippen LogP contribution in [0.15, 0.2) is 290 Å². The number of anilines is 5. The normalized spacial score (nSPS) is 18.1. The van der Waals surface area contributed by atoms with Crippen molar-refractivity contribution in [3.8, 4) is 45.3 Å². The summed E-state index contributed by atoms with van der Waals surface area (Å²) >= 11 is 0. The number of fused-ring (bicyclic) bond motifs is 19. The van der Waals surface area contributed by atoms with Crippen LogP contribution in [0, 0.1) is 5.92 Å². The van der Waals surface area contributed by atoms with Crippen molar-refractivity contribution in [3.05, 3.63) is 340 Å². The van der Waals surface area contributed by atoms with Crippen LogP contribution in [0.25, 0.3) is 22.3 Å². The molecule has 0 fully saturated rings. The maximum absolute atomic E-state index is 6.95. The maximum Gasteiger partial charge on any atom is 0.132 e. The molecule has 4 heterocycles. The molecule has 0 bridgehead atoms. The average Bonchev–Trinajstić information content (AvgIpc) is 3.81. The summed E-state index contributed by atoms with van der Waals surface area (Å²) < 4.78 is 13.9. The van der Waals surface area contributed by atoms with Gasteiger partial charge in [-0.1, -0.05) is 226 Å². The van der Waals surface area contributed by atoms with Crippen LogP contribution in [0.3, 0.4) is 0 Å². The Balaban J connectivity index is 0.953. The van der Waals surface area contributed by atoms with Gasteiger partial charge in [0.1, 0.15) is 23.0 Å². The molecule has 0 N–H and O–H groups in total. The highest BCUT2D eigenvalue weighted by molar-refractivity contribution is 5.93. The highest BCUT2D eigenvalue weighted by Crippen LogP contribution is 2.69. The number of hydrogen-bond acceptors (Lipinski definition) is 4. The molecule has 2 atom stereocenters. The summed E-state index contributed by atoms with van der Waals surface area (Å²) in [6, 6.07) is 98.3. The lowest BCUT2D eigenvalue weighted by Crippen LogP contribution is -2.45. The van der Waals surface area contributed by atoms with Crippen LogP contribution in [-0.2, 0) is 16.2 Å². The molecule has 17 rings (SSSR count). The highest BCUT2D eigenvalue weighted by Gasteiger charge is 2.58. The lowest BCUT2D eigenvalue weighted by Gasteiger charge is -2.52. The van der Waals surface area contributed by atoms with Crippen LogP contribution in [0.4, 0.5) is 28.4 Å². The molecule has 384 valence electrons. The zero-order valence-electron chi connectivity index (χ0n) is 44.9. The molecule has 11 aromatic rings. The number of nitrogens with zero attached hydrogens (tertiary/aromatic N) is 2. The number of hydrogen-bond donors (Lipinski definition) is 0. The topological polar surface area (TPSA) is 24.9 Å². The minimum Gasteiger partial charge on any atom is -0.457 e. The molecule has 4 nitrogen and oxygen atoms in total. The Morgan fingerprint density at radius 1 is 0.321 bits per heavy atom. The van der Waals surface area contributed by atoms with Gasteiger partial charge in [-0.3, -0.25) is 0 Å². The molecule has 2 aliphatic carbocycles. The Bertz CT molecular complexity index is 4370. The third-order valence-corrected chi connectivity index (χ3v) is 18.9.